The largest absolute Gasteiger partial charge is 0.389 e. The molecule has 0 aliphatic rings. The Labute approximate surface area is 101 Å². The third-order valence-electron chi connectivity index (χ3n) is 1.70. The lowest BCUT2D eigenvalue weighted by Gasteiger charge is -2.10. The van der Waals surface area contributed by atoms with Crippen molar-refractivity contribution in [3.63, 3.8) is 0 Å². The monoisotopic (exact) mass is 279 g/mol. The highest BCUT2D eigenvalue weighted by atomic mass is 35.5. The van der Waals surface area contributed by atoms with Crippen LogP contribution in [0.15, 0.2) is 12.1 Å². The first-order valence-electron chi connectivity index (χ1n) is 3.96. The van der Waals surface area contributed by atoms with Gasteiger partial charge in [-0.05, 0) is 18.6 Å². The van der Waals surface area contributed by atoms with Crippen molar-refractivity contribution in [1.82, 2.24) is 0 Å². The molecule has 1 atom stereocenters. The van der Waals surface area contributed by atoms with Crippen molar-refractivity contribution in [3.05, 3.63) is 21.3 Å². The zero-order valence-electron chi connectivity index (χ0n) is 7.55. The SMILES string of the molecule is Cl.N[C@H](CCC(F)(F)F)c1ccc(Cl)s1. The molecular weight excluding hydrogens is 270 g/mol. The van der Waals surface area contributed by atoms with Crippen LogP contribution >= 0.6 is 35.3 Å². The van der Waals surface area contributed by atoms with Crippen LogP contribution in [0.25, 0.3) is 0 Å². The molecule has 0 amide bonds. The summed E-state index contributed by atoms with van der Waals surface area (Å²) >= 11 is 6.85. The predicted octanol–water partition coefficient (Wildman–Crippen LogP) is 4.17. The first-order valence-corrected chi connectivity index (χ1v) is 5.15. The van der Waals surface area contributed by atoms with Crippen LogP contribution in [0.1, 0.15) is 23.8 Å². The van der Waals surface area contributed by atoms with Gasteiger partial charge in [0, 0.05) is 17.3 Å². The maximum absolute atomic E-state index is 11.9. The van der Waals surface area contributed by atoms with Crippen LogP contribution in [-0.2, 0) is 0 Å². The van der Waals surface area contributed by atoms with Crippen LogP contribution in [-0.4, -0.2) is 6.18 Å². The number of thiophene rings is 1. The van der Waals surface area contributed by atoms with Gasteiger partial charge in [0.25, 0.3) is 0 Å². The van der Waals surface area contributed by atoms with Gasteiger partial charge in [0.15, 0.2) is 0 Å². The van der Waals surface area contributed by atoms with E-state index in [1.165, 1.54) is 11.3 Å². The summed E-state index contributed by atoms with van der Waals surface area (Å²) in [4.78, 5) is 0.694. The summed E-state index contributed by atoms with van der Waals surface area (Å²) in [5, 5.41) is 0. The molecule has 7 heteroatoms. The Morgan fingerprint density at radius 1 is 1.40 bits per heavy atom. The lowest BCUT2D eigenvalue weighted by atomic mass is 10.1. The maximum Gasteiger partial charge on any atom is 0.389 e. The zero-order valence-corrected chi connectivity index (χ0v) is 9.94. The van der Waals surface area contributed by atoms with Gasteiger partial charge < -0.3 is 5.73 Å². The lowest BCUT2D eigenvalue weighted by Crippen LogP contribution is -2.14. The summed E-state index contributed by atoms with van der Waals surface area (Å²) in [6.45, 7) is 0. The third-order valence-corrected chi connectivity index (χ3v) is 3.06. The molecule has 2 N–H and O–H groups in total. The Morgan fingerprint density at radius 2 is 2.00 bits per heavy atom. The molecule has 1 nitrogen and oxygen atoms in total. The molecule has 0 aliphatic carbocycles. The molecule has 0 unspecified atom stereocenters. The van der Waals surface area contributed by atoms with E-state index in [4.69, 9.17) is 17.3 Å². The Balaban J connectivity index is 0.00000196. The molecular formula is C8H10Cl2F3NS. The van der Waals surface area contributed by atoms with Crippen molar-refractivity contribution in [2.75, 3.05) is 0 Å². The molecule has 1 aromatic heterocycles. The highest BCUT2D eigenvalue weighted by Crippen LogP contribution is 2.31. The van der Waals surface area contributed by atoms with Crippen LogP contribution < -0.4 is 5.73 Å². The molecule has 0 radical (unpaired) electrons. The van der Waals surface area contributed by atoms with E-state index in [0.29, 0.717) is 9.21 Å². The van der Waals surface area contributed by atoms with Crippen molar-refractivity contribution >= 4 is 35.3 Å². The fourth-order valence-electron chi connectivity index (χ4n) is 0.989. The molecule has 88 valence electrons. The van der Waals surface area contributed by atoms with Crippen LogP contribution in [0.3, 0.4) is 0 Å². The van der Waals surface area contributed by atoms with Crippen molar-refractivity contribution in [2.45, 2.75) is 25.1 Å². The van der Waals surface area contributed by atoms with E-state index in [2.05, 4.69) is 0 Å². The molecule has 1 aromatic rings. The number of hydrogen-bond acceptors (Lipinski definition) is 2. The van der Waals surface area contributed by atoms with E-state index in [1.807, 2.05) is 0 Å². The van der Waals surface area contributed by atoms with E-state index in [9.17, 15) is 13.2 Å². The van der Waals surface area contributed by atoms with Gasteiger partial charge in [0.2, 0.25) is 0 Å². The minimum absolute atomic E-state index is 0. The lowest BCUT2D eigenvalue weighted by molar-refractivity contribution is -0.136. The Bertz CT molecular complexity index is 300. The van der Waals surface area contributed by atoms with E-state index < -0.39 is 18.6 Å². The van der Waals surface area contributed by atoms with Crippen LogP contribution in [0.4, 0.5) is 13.2 Å². The molecule has 1 heterocycles. The molecule has 0 bridgehead atoms. The summed E-state index contributed by atoms with van der Waals surface area (Å²) < 4.78 is 36.1. The standard InChI is InChI=1S/C8H9ClF3NS.ClH/c9-7-2-1-6(14-7)5(13)3-4-8(10,11)12;/h1-2,5H,3-4,13H2;1H/t5-;/m1./s1. The van der Waals surface area contributed by atoms with E-state index in [1.54, 1.807) is 12.1 Å². The second-order valence-corrected chi connectivity index (χ2v) is 4.65. The smallest absolute Gasteiger partial charge is 0.323 e. The molecule has 0 saturated carbocycles. The molecule has 15 heavy (non-hydrogen) atoms. The first-order chi connectivity index (χ1) is 6.38. The van der Waals surface area contributed by atoms with Gasteiger partial charge in [0.05, 0.1) is 4.34 Å². The number of halogens is 5. The third kappa shape index (κ3) is 5.61. The molecule has 0 fully saturated rings. The molecule has 0 spiro atoms. The normalized spacial score (nSPS) is 13.4. The Hall–Kier alpha value is 0.0300. The van der Waals surface area contributed by atoms with Crippen molar-refractivity contribution in [1.29, 1.82) is 0 Å². The number of alkyl halides is 3. The van der Waals surface area contributed by atoms with Gasteiger partial charge in [0.1, 0.15) is 0 Å². The van der Waals surface area contributed by atoms with Crippen LogP contribution in [0.5, 0.6) is 0 Å². The van der Waals surface area contributed by atoms with E-state index >= 15 is 0 Å². The fourth-order valence-corrected chi connectivity index (χ4v) is 2.09. The highest BCUT2D eigenvalue weighted by Gasteiger charge is 2.28. The summed E-state index contributed by atoms with van der Waals surface area (Å²) in [5.41, 5.74) is 5.57. The number of nitrogens with two attached hydrogens (primary N) is 1. The molecule has 0 saturated heterocycles. The van der Waals surface area contributed by atoms with Crippen LogP contribution in [0, 0.1) is 0 Å². The van der Waals surface area contributed by atoms with Crippen LogP contribution in [0.2, 0.25) is 4.34 Å². The van der Waals surface area contributed by atoms with Gasteiger partial charge in [-0.2, -0.15) is 13.2 Å². The van der Waals surface area contributed by atoms with Crippen molar-refractivity contribution in [2.24, 2.45) is 5.73 Å². The van der Waals surface area contributed by atoms with Gasteiger partial charge >= 0.3 is 6.18 Å². The fraction of sp³-hybridized carbons (Fsp3) is 0.500. The summed E-state index contributed by atoms with van der Waals surface area (Å²) in [6, 6.07) is 2.72. The molecule has 0 aliphatic heterocycles. The molecule has 0 aromatic carbocycles. The first kappa shape index (κ1) is 15.0. The zero-order chi connectivity index (χ0) is 10.8. The quantitative estimate of drug-likeness (QED) is 0.883. The van der Waals surface area contributed by atoms with Crippen molar-refractivity contribution < 1.29 is 13.2 Å². The summed E-state index contributed by atoms with van der Waals surface area (Å²) in [6.07, 6.45) is -5.09. The average Bonchev–Trinajstić information content (AvgIpc) is 2.46. The average molecular weight is 280 g/mol. The minimum Gasteiger partial charge on any atom is -0.323 e. The van der Waals surface area contributed by atoms with E-state index in [-0.39, 0.29) is 18.8 Å². The second kappa shape index (κ2) is 5.94. The van der Waals surface area contributed by atoms with Gasteiger partial charge in [-0.1, -0.05) is 11.6 Å². The summed E-state index contributed by atoms with van der Waals surface area (Å²) in [5.74, 6) is 0. The van der Waals surface area contributed by atoms with Gasteiger partial charge in [-0.3, -0.25) is 0 Å². The maximum atomic E-state index is 11.9. The molecule has 1 rings (SSSR count). The topological polar surface area (TPSA) is 26.0 Å². The summed E-state index contributed by atoms with van der Waals surface area (Å²) in [7, 11) is 0. The van der Waals surface area contributed by atoms with Crippen molar-refractivity contribution in [3.8, 4) is 0 Å². The minimum atomic E-state index is -4.14. The number of rotatable bonds is 3. The Kier molecular flexibility index (Phi) is 5.95. The number of hydrogen-bond donors (Lipinski definition) is 1. The Morgan fingerprint density at radius 3 is 2.40 bits per heavy atom. The highest BCUT2D eigenvalue weighted by molar-refractivity contribution is 7.16. The van der Waals surface area contributed by atoms with E-state index in [0.717, 1.165) is 0 Å². The predicted molar refractivity (Wildman–Crippen MR) is 58.8 cm³/mol. The second-order valence-electron chi connectivity index (χ2n) is 2.90. The van der Waals surface area contributed by atoms with Gasteiger partial charge in [-0.15, -0.1) is 23.7 Å². The van der Waals surface area contributed by atoms with Gasteiger partial charge in [-0.25, -0.2) is 0 Å².